The van der Waals surface area contributed by atoms with E-state index in [1.165, 1.54) is 0 Å². The maximum atomic E-state index is 5.45. The zero-order valence-electron chi connectivity index (χ0n) is 10.7. The minimum atomic E-state index is 0.645. The number of aryl methyl sites for hydroxylation is 1. The molecule has 0 radical (unpaired) electrons. The van der Waals surface area contributed by atoms with Gasteiger partial charge < -0.3 is 10.6 Å². The number of rotatable bonds is 5. The van der Waals surface area contributed by atoms with Gasteiger partial charge in [-0.05, 0) is 42.4 Å². The Hall–Kier alpha value is -1.95. The summed E-state index contributed by atoms with van der Waals surface area (Å²) in [5.41, 5.74) is 7.50. The Morgan fingerprint density at radius 3 is 2.56 bits per heavy atom. The Labute approximate surface area is 106 Å². The van der Waals surface area contributed by atoms with Gasteiger partial charge in [0.05, 0.1) is 5.69 Å². The summed E-state index contributed by atoms with van der Waals surface area (Å²) in [4.78, 5) is 3.59. The van der Waals surface area contributed by atoms with Crippen LogP contribution in [0.4, 0.5) is 5.69 Å². The van der Waals surface area contributed by atoms with Crippen molar-refractivity contribution in [1.29, 1.82) is 0 Å². The number of nitrogens with two attached hydrogens (primary N) is 1. The largest absolute Gasteiger partial charge is 0.378 e. The minimum absolute atomic E-state index is 0.645. The fraction of sp³-hybridized carbons (Fsp3) is 0.417. The third-order valence-electron chi connectivity index (χ3n) is 2.66. The number of hydrogen-bond acceptors (Lipinski definition) is 5. The lowest BCUT2D eigenvalue weighted by atomic mass is 10.3. The fourth-order valence-corrected chi connectivity index (χ4v) is 1.60. The number of nitrogens with zero attached hydrogens (tertiary/aromatic N) is 5. The number of aromatic nitrogens is 4. The van der Waals surface area contributed by atoms with Crippen molar-refractivity contribution >= 4 is 5.69 Å². The molecule has 96 valence electrons. The Balaban J connectivity index is 2.13. The van der Waals surface area contributed by atoms with Crippen molar-refractivity contribution in [2.75, 3.05) is 25.5 Å². The van der Waals surface area contributed by atoms with Crippen molar-refractivity contribution in [3.8, 4) is 5.69 Å². The SMILES string of the molecule is CN(C)c1ccc(-n2nnc(CCCN)n2)cc1. The first-order chi connectivity index (χ1) is 8.70. The lowest BCUT2D eigenvalue weighted by Crippen LogP contribution is -2.08. The number of anilines is 1. The summed E-state index contributed by atoms with van der Waals surface area (Å²) < 4.78 is 0. The molecular weight excluding hydrogens is 228 g/mol. The predicted octanol–water partition coefficient (Wildman–Crippen LogP) is 0.620. The Morgan fingerprint density at radius 1 is 1.22 bits per heavy atom. The zero-order valence-corrected chi connectivity index (χ0v) is 10.7. The second-order valence-electron chi connectivity index (χ2n) is 4.30. The van der Waals surface area contributed by atoms with Crippen molar-refractivity contribution in [3.63, 3.8) is 0 Å². The summed E-state index contributed by atoms with van der Waals surface area (Å²) in [6, 6.07) is 8.00. The molecule has 0 fully saturated rings. The lowest BCUT2D eigenvalue weighted by Gasteiger charge is -2.12. The molecule has 0 unspecified atom stereocenters. The van der Waals surface area contributed by atoms with Crippen LogP contribution in [0.25, 0.3) is 5.69 Å². The fourth-order valence-electron chi connectivity index (χ4n) is 1.60. The van der Waals surface area contributed by atoms with Crippen molar-refractivity contribution in [2.45, 2.75) is 12.8 Å². The van der Waals surface area contributed by atoms with Crippen LogP contribution in [0, 0.1) is 0 Å². The third kappa shape index (κ3) is 2.84. The molecule has 2 N–H and O–H groups in total. The van der Waals surface area contributed by atoms with Gasteiger partial charge in [-0.25, -0.2) is 0 Å². The van der Waals surface area contributed by atoms with E-state index in [2.05, 4.69) is 15.4 Å². The highest BCUT2D eigenvalue weighted by Crippen LogP contribution is 2.13. The van der Waals surface area contributed by atoms with E-state index in [0.29, 0.717) is 6.54 Å². The van der Waals surface area contributed by atoms with Crippen LogP contribution < -0.4 is 10.6 Å². The molecule has 6 heteroatoms. The van der Waals surface area contributed by atoms with Gasteiger partial charge in [0.25, 0.3) is 0 Å². The molecule has 0 atom stereocenters. The van der Waals surface area contributed by atoms with Crippen LogP contribution >= 0.6 is 0 Å². The van der Waals surface area contributed by atoms with Crippen LogP contribution in [0.15, 0.2) is 24.3 Å². The third-order valence-corrected chi connectivity index (χ3v) is 2.66. The van der Waals surface area contributed by atoms with Gasteiger partial charge in [0.15, 0.2) is 5.82 Å². The molecule has 0 aliphatic rings. The summed E-state index contributed by atoms with van der Waals surface area (Å²) in [5, 5.41) is 12.4. The van der Waals surface area contributed by atoms with Gasteiger partial charge in [-0.2, -0.15) is 0 Å². The second-order valence-corrected chi connectivity index (χ2v) is 4.30. The highest BCUT2D eigenvalue weighted by molar-refractivity contribution is 5.49. The lowest BCUT2D eigenvalue weighted by molar-refractivity contribution is 0.714. The molecule has 2 rings (SSSR count). The standard InChI is InChI=1S/C12H18N6/c1-17(2)10-5-7-11(8-6-10)18-15-12(14-16-18)4-3-9-13/h5-8H,3-4,9,13H2,1-2H3. The van der Waals surface area contributed by atoms with Gasteiger partial charge in [0.1, 0.15) is 0 Å². The average molecular weight is 246 g/mol. The van der Waals surface area contributed by atoms with E-state index in [0.717, 1.165) is 30.0 Å². The molecule has 2 aromatic rings. The molecule has 6 nitrogen and oxygen atoms in total. The van der Waals surface area contributed by atoms with E-state index in [9.17, 15) is 0 Å². The summed E-state index contributed by atoms with van der Waals surface area (Å²) in [7, 11) is 4.02. The second kappa shape index (κ2) is 5.59. The van der Waals surface area contributed by atoms with E-state index in [-0.39, 0.29) is 0 Å². The topological polar surface area (TPSA) is 72.9 Å². The first-order valence-electron chi connectivity index (χ1n) is 5.97. The number of hydrogen-bond donors (Lipinski definition) is 1. The molecule has 0 amide bonds. The molecule has 1 aromatic heterocycles. The van der Waals surface area contributed by atoms with Crippen molar-refractivity contribution < 1.29 is 0 Å². The first kappa shape index (κ1) is 12.5. The van der Waals surface area contributed by atoms with Crippen LogP contribution in [0.3, 0.4) is 0 Å². The normalized spacial score (nSPS) is 10.6. The first-order valence-corrected chi connectivity index (χ1v) is 5.97. The summed E-state index contributed by atoms with van der Waals surface area (Å²) in [5.74, 6) is 0.733. The summed E-state index contributed by atoms with van der Waals surface area (Å²) in [6.07, 6.45) is 1.65. The molecule has 0 spiro atoms. The van der Waals surface area contributed by atoms with Gasteiger partial charge in [-0.15, -0.1) is 15.0 Å². The van der Waals surface area contributed by atoms with Crippen molar-refractivity contribution in [1.82, 2.24) is 20.2 Å². The van der Waals surface area contributed by atoms with E-state index in [4.69, 9.17) is 5.73 Å². The highest BCUT2D eigenvalue weighted by atomic mass is 15.6. The molecule has 1 heterocycles. The average Bonchev–Trinajstić information content (AvgIpc) is 2.85. The quantitative estimate of drug-likeness (QED) is 0.837. The van der Waals surface area contributed by atoms with Crippen molar-refractivity contribution in [2.24, 2.45) is 5.73 Å². The minimum Gasteiger partial charge on any atom is -0.378 e. The molecule has 18 heavy (non-hydrogen) atoms. The van der Waals surface area contributed by atoms with Gasteiger partial charge >= 0.3 is 0 Å². The zero-order chi connectivity index (χ0) is 13.0. The van der Waals surface area contributed by atoms with E-state index < -0.39 is 0 Å². The monoisotopic (exact) mass is 246 g/mol. The van der Waals surface area contributed by atoms with Crippen LogP contribution in [-0.4, -0.2) is 40.8 Å². The maximum absolute atomic E-state index is 5.45. The van der Waals surface area contributed by atoms with Gasteiger partial charge in [-0.3, -0.25) is 0 Å². The summed E-state index contributed by atoms with van der Waals surface area (Å²) >= 11 is 0. The molecule has 0 aliphatic heterocycles. The van der Waals surface area contributed by atoms with Crippen LogP contribution in [0.1, 0.15) is 12.2 Å². The predicted molar refractivity (Wildman–Crippen MR) is 70.9 cm³/mol. The molecular formula is C12H18N6. The van der Waals surface area contributed by atoms with Crippen LogP contribution in [0.2, 0.25) is 0 Å². The van der Waals surface area contributed by atoms with Gasteiger partial charge in [0, 0.05) is 26.2 Å². The van der Waals surface area contributed by atoms with Crippen molar-refractivity contribution in [3.05, 3.63) is 30.1 Å². The maximum Gasteiger partial charge on any atom is 0.175 e. The van der Waals surface area contributed by atoms with Gasteiger partial charge in [-0.1, -0.05) is 0 Å². The molecule has 0 aliphatic carbocycles. The van der Waals surface area contributed by atoms with Crippen LogP contribution in [0.5, 0.6) is 0 Å². The molecule has 0 bridgehead atoms. The number of benzene rings is 1. The number of tetrazole rings is 1. The Morgan fingerprint density at radius 2 is 1.94 bits per heavy atom. The molecule has 0 saturated heterocycles. The molecule has 1 aromatic carbocycles. The Bertz CT molecular complexity index is 488. The van der Waals surface area contributed by atoms with E-state index in [1.54, 1.807) is 4.80 Å². The van der Waals surface area contributed by atoms with E-state index >= 15 is 0 Å². The molecule has 0 saturated carbocycles. The van der Waals surface area contributed by atoms with E-state index in [1.807, 2.05) is 43.3 Å². The highest BCUT2D eigenvalue weighted by Gasteiger charge is 2.04. The van der Waals surface area contributed by atoms with Gasteiger partial charge in [0.2, 0.25) is 0 Å². The Kier molecular flexibility index (Phi) is 3.88. The van der Waals surface area contributed by atoms with Crippen LogP contribution in [-0.2, 0) is 6.42 Å². The smallest absolute Gasteiger partial charge is 0.175 e. The summed E-state index contributed by atoms with van der Waals surface area (Å²) in [6.45, 7) is 0.645.